The Bertz CT molecular complexity index is 759. The minimum absolute atomic E-state index is 0.0199. The number of carbonyl (C=O) groups is 2. The number of halogens is 1. The van der Waals surface area contributed by atoms with Crippen LogP contribution in [-0.2, 0) is 19.6 Å². The van der Waals surface area contributed by atoms with Gasteiger partial charge in [-0.25, -0.2) is 22.5 Å². The van der Waals surface area contributed by atoms with Gasteiger partial charge in [0.05, 0.1) is 13.2 Å². The van der Waals surface area contributed by atoms with E-state index in [0.717, 1.165) is 21.3 Å². The van der Waals surface area contributed by atoms with Crippen LogP contribution in [-0.4, -0.2) is 62.5 Å². The number of benzene rings is 1. The summed E-state index contributed by atoms with van der Waals surface area (Å²) in [6.45, 7) is -0.467. The largest absolute Gasteiger partial charge is 0.495 e. The summed E-state index contributed by atoms with van der Waals surface area (Å²) in [4.78, 5) is 23.6. The molecule has 23 heavy (non-hydrogen) atoms. The molecule has 0 spiro atoms. The van der Waals surface area contributed by atoms with Crippen molar-refractivity contribution in [2.24, 2.45) is 0 Å². The number of cyclic esters (lactones) is 1. The average molecular weight is 344 g/mol. The number of carbonyl (C=O) groups excluding carboxylic acids is 2. The van der Waals surface area contributed by atoms with E-state index in [2.05, 4.69) is 4.74 Å². The quantitative estimate of drug-likeness (QED) is 0.774. The number of rotatable bonds is 4. The Morgan fingerprint density at radius 3 is 2.57 bits per heavy atom. The first-order valence-corrected chi connectivity index (χ1v) is 8.11. The Morgan fingerprint density at radius 2 is 2.00 bits per heavy atom. The van der Waals surface area contributed by atoms with Crippen molar-refractivity contribution in [3.05, 3.63) is 24.0 Å². The number of hydrogen-bond acceptors (Lipinski definition) is 6. The second-order valence-electron chi connectivity index (χ2n) is 5.09. The van der Waals surface area contributed by atoms with E-state index in [1.807, 2.05) is 0 Å². The van der Waals surface area contributed by atoms with Gasteiger partial charge in [0.15, 0.2) is 6.61 Å². The summed E-state index contributed by atoms with van der Waals surface area (Å²) in [5.41, 5.74) is 0. The lowest BCUT2D eigenvalue weighted by atomic mass is 10.1. The topological polar surface area (TPSA) is 93.2 Å². The van der Waals surface area contributed by atoms with E-state index in [1.54, 1.807) is 0 Å². The van der Waals surface area contributed by atoms with Crippen molar-refractivity contribution in [2.75, 3.05) is 26.8 Å². The van der Waals surface area contributed by atoms with Crippen molar-refractivity contribution in [1.82, 2.24) is 9.21 Å². The standard InChI is InChI=1S/C13H13FN2O6S/c1-21-10-3-2-8(14)4-11(10)23(19,20)15-5-9(6-15)16-12(17)7-22-13(16)18/h2-4,9H,5-7H2,1H3. The third-order valence-electron chi connectivity index (χ3n) is 3.72. The molecule has 2 aliphatic heterocycles. The first-order valence-electron chi connectivity index (χ1n) is 6.67. The Hall–Kier alpha value is -2.20. The summed E-state index contributed by atoms with van der Waals surface area (Å²) in [5, 5.41) is 0. The van der Waals surface area contributed by atoms with Gasteiger partial charge in [-0.1, -0.05) is 0 Å². The average Bonchev–Trinajstić information content (AvgIpc) is 2.78. The molecule has 0 atom stereocenters. The van der Waals surface area contributed by atoms with Gasteiger partial charge in [0.2, 0.25) is 10.0 Å². The fraction of sp³-hybridized carbons (Fsp3) is 0.385. The number of ether oxygens (including phenoxy) is 2. The van der Waals surface area contributed by atoms with Gasteiger partial charge in [-0.15, -0.1) is 0 Å². The van der Waals surface area contributed by atoms with E-state index >= 15 is 0 Å². The van der Waals surface area contributed by atoms with Crippen molar-refractivity contribution in [3.8, 4) is 5.75 Å². The summed E-state index contributed by atoms with van der Waals surface area (Å²) >= 11 is 0. The van der Waals surface area contributed by atoms with Crippen molar-refractivity contribution in [3.63, 3.8) is 0 Å². The Balaban J connectivity index is 1.80. The van der Waals surface area contributed by atoms with Gasteiger partial charge >= 0.3 is 6.09 Å². The number of hydrogen-bond donors (Lipinski definition) is 0. The molecule has 0 aliphatic carbocycles. The number of nitrogens with zero attached hydrogens (tertiary/aromatic N) is 2. The number of imide groups is 1. The van der Waals surface area contributed by atoms with E-state index in [-0.39, 0.29) is 30.3 Å². The molecule has 2 aliphatic rings. The first kappa shape index (κ1) is 15.7. The second kappa shape index (κ2) is 5.46. The normalized spacial score (nSPS) is 19.7. The lowest BCUT2D eigenvalue weighted by Crippen LogP contribution is -2.62. The summed E-state index contributed by atoms with van der Waals surface area (Å²) < 4.78 is 49.0. The molecule has 2 fully saturated rings. The van der Waals surface area contributed by atoms with E-state index in [0.29, 0.717) is 0 Å². The van der Waals surface area contributed by atoms with Gasteiger partial charge in [-0.3, -0.25) is 4.79 Å². The molecule has 0 aromatic heterocycles. The fourth-order valence-corrected chi connectivity index (χ4v) is 4.17. The zero-order chi connectivity index (χ0) is 16.8. The van der Waals surface area contributed by atoms with Crippen LogP contribution in [0, 0.1) is 5.82 Å². The smallest absolute Gasteiger partial charge is 0.417 e. The fourth-order valence-electron chi connectivity index (χ4n) is 2.48. The molecule has 0 radical (unpaired) electrons. The second-order valence-corrected chi connectivity index (χ2v) is 7.00. The molecule has 2 amide bonds. The molecule has 2 heterocycles. The minimum Gasteiger partial charge on any atom is -0.495 e. The maximum absolute atomic E-state index is 13.4. The van der Waals surface area contributed by atoms with Gasteiger partial charge in [0.1, 0.15) is 16.5 Å². The molecule has 0 N–H and O–H groups in total. The van der Waals surface area contributed by atoms with Gasteiger partial charge in [0.25, 0.3) is 5.91 Å². The molecule has 1 aromatic rings. The third-order valence-corrected chi connectivity index (χ3v) is 5.57. The van der Waals surface area contributed by atoms with E-state index in [4.69, 9.17) is 4.74 Å². The maximum Gasteiger partial charge on any atom is 0.417 e. The van der Waals surface area contributed by atoms with E-state index in [1.165, 1.54) is 13.2 Å². The highest BCUT2D eigenvalue weighted by molar-refractivity contribution is 7.89. The van der Waals surface area contributed by atoms with E-state index < -0.39 is 33.9 Å². The summed E-state index contributed by atoms with van der Waals surface area (Å²) in [5.74, 6) is -1.19. The highest BCUT2D eigenvalue weighted by Crippen LogP contribution is 2.31. The van der Waals surface area contributed by atoms with Crippen LogP contribution < -0.4 is 4.74 Å². The van der Waals surface area contributed by atoms with Crippen LogP contribution >= 0.6 is 0 Å². The lowest BCUT2D eigenvalue weighted by Gasteiger charge is -2.40. The van der Waals surface area contributed by atoms with E-state index in [9.17, 15) is 22.4 Å². The molecular weight excluding hydrogens is 331 g/mol. The summed E-state index contributed by atoms with van der Waals surface area (Å²) in [7, 11) is -2.70. The number of amides is 2. The molecule has 10 heteroatoms. The van der Waals surface area contributed by atoms with Crippen molar-refractivity contribution < 1.29 is 31.9 Å². The molecular formula is C13H13FN2O6S. The first-order chi connectivity index (χ1) is 10.8. The monoisotopic (exact) mass is 344 g/mol. The van der Waals surface area contributed by atoms with Crippen LogP contribution in [0.4, 0.5) is 9.18 Å². The molecule has 8 nitrogen and oxygen atoms in total. The maximum atomic E-state index is 13.4. The highest BCUT2D eigenvalue weighted by atomic mass is 32.2. The molecule has 1 aromatic carbocycles. The molecule has 0 unspecified atom stereocenters. The zero-order valence-electron chi connectivity index (χ0n) is 12.1. The summed E-state index contributed by atoms with van der Waals surface area (Å²) in [6, 6.07) is 2.61. The van der Waals surface area contributed by atoms with Crippen molar-refractivity contribution in [1.29, 1.82) is 0 Å². The van der Waals surface area contributed by atoms with Crippen LogP contribution in [0.3, 0.4) is 0 Å². The van der Waals surface area contributed by atoms with Crippen LogP contribution in [0.15, 0.2) is 23.1 Å². The van der Waals surface area contributed by atoms with Crippen molar-refractivity contribution >= 4 is 22.0 Å². The molecule has 0 bridgehead atoms. The number of methoxy groups -OCH3 is 1. The molecule has 0 saturated carbocycles. The highest BCUT2D eigenvalue weighted by Gasteiger charge is 2.47. The molecule has 124 valence electrons. The molecule has 3 rings (SSSR count). The van der Waals surface area contributed by atoms with Gasteiger partial charge < -0.3 is 9.47 Å². The van der Waals surface area contributed by atoms with Gasteiger partial charge in [-0.05, 0) is 18.2 Å². The number of sulfonamides is 1. The van der Waals surface area contributed by atoms with Crippen LogP contribution in [0.25, 0.3) is 0 Å². The third kappa shape index (κ3) is 2.53. The molecule has 2 saturated heterocycles. The SMILES string of the molecule is COc1ccc(F)cc1S(=O)(=O)N1CC(N2C(=O)COC2=O)C1. The van der Waals surface area contributed by atoms with Crippen molar-refractivity contribution in [2.45, 2.75) is 10.9 Å². The minimum atomic E-state index is -3.99. The summed E-state index contributed by atoms with van der Waals surface area (Å²) in [6.07, 6.45) is -0.777. The predicted octanol–water partition coefficient (Wildman–Crippen LogP) is 0.186. The Morgan fingerprint density at radius 1 is 1.30 bits per heavy atom. The van der Waals surface area contributed by atoms with Gasteiger partial charge in [0, 0.05) is 13.1 Å². The Kier molecular flexibility index (Phi) is 3.72. The van der Waals surface area contributed by atoms with Crippen LogP contribution in [0.1, 0.15) is 0 Å². The predicted molar refractivity (Wildman–Crippen MR) is 73.7 cm³/mol. The Labute approximate surface area is 131 Å². The zero-order valence-corrected chi connectivity index (χ0v) is 12.9. The van der Waals surface area contributed by atoms with Gasteiger partial charge in [-0.2, -0.15) is 4.31 Å². The van der Waals surface area contributed by atoms with Crippen LogP contribution in [0.5, 0.6) is 5.75 Å². The van der Waals surface area contributed by atoms with Crippen LogP contribution in [0.2, 0.25) is 0 Å². The lowest BCUT2D eigenvalue weighted by molar-refractivity contribution is -0.128.